The van der Waals surface area contributed by atoms with Gasteiger partial charge in [0.2, 0.25) is 5.91 Å². The highest BCUT2D eigenvalue weighted by atomic mass is 35.5. The molecule has 29 heavy (non-hydrogen) atoms. The standard InChI is InChI=1S/C18H19ClF4N2O4/c1-11(25-7-5-12(17(25)27)9-29-18(21,22)23)4-6-24-16(26)10-28-13-2-3-14(19)15(20)8-13/h2-3,8,12H,1,4-7,9-10H2,(H,24,26)/t12-/m0/s1. The molecular weight excluding hydrogens is 420 g/mol. The van der Waals surface area contributed by atoms with Crippen molar-refractivity contribution in [2.75, 3.05) is 26.3 Å². The lowest BCUT2D eigenvalue weighted by Crippen LogP contribution is -2.33. The summed E-state index contributed by atoms with van der Waals surface area (Å²) in [4.78, 5) is 25.2. The van der Waals surface area contributed by atoms with E-state index in [4.69, 9.17) is 16.3 Å². The van der Waals surface area contributed by atoms with Gasteiger partial charge in [-0.15, -0.1) is 13.2 Å². The van der Waals surface area contributed by atoms with E-state index in [0.717, 1.165) is 6.07 Å². The Hall–Kier alpha value is -2.33. The van der Waals surface area contributed by atoms with E-state index in [-0.39, 0.29) is 43.3 Å². The normalized spacial score (nSPS) is 16.8. The minimum Gasteiger partial charge on any atom is -0.484 e. The average Bonchev–Trinajstić information content (AvgIpc) is 3.01. The van der Waals surface area contributed by atoms with Gasteiger partial charge in [-0.1, -0.05) is 18.2 Å². The van der Waals surface area contributed by atoms with Crippen molar-refractivity contribution in [3.8, 4) is 5.75 Å². The highest BCUT2D eigenvalue weighted by Crippen LogP contribution is 2.26. The molecule has 2 amide bonds. The van der Waals surface area contributed by atoms with E-state index in [2.05, 4.69) is 16.6 Å². The highest BCUT2D eigenvalue weighted by Gasteiger charge is 2.37. The number of carbonyl (C=O) groups is 2. The largest absolute Gasteiger partial charge is 0.522 e. The van der Waals surface area contributed by atoms with Crippen LogP contribution in [0.4, 0.5) is 17.6 Å². The second-order valence-corrected chi connectivity index (χ2v) is 6.67. The van der Waals surface area contributed by atoms with Gasteiger partial charge in [0.25, 0.3) is 5.91 Å². The van der Waals surface area contributed by atoms with Gasteiger partial charge < -0.3 is 15.0 Å². The van der Waals surface area contributed by atoms with Crippen LogP contribution in [0.25, 0.3) is 0 Å². The predicted octanol–water partition coefficient (Wildman–Crippen LogP) is 3.26. The van der Waals surface area contributed by atoms with Gasteiger partial charge in [-0.05, 0) is 18.6 Å². The maximum Gasteiger partial charge on any atom is 0.522 e. The Balaban J connectivity index is 1.69. The zero-order chi connectivity index (χ0) is 21.6. The number of likely N-dealkylation sites (tertiary alicyclic amines) is 1. The number of alkyl halides is 3. The molecule has 0 spiro atoms. The number of hydrogen-bond acceptors (Lipinski definition) is 4. The molecule has 1 aliphatic heterocycles. The van der Waals surface area contributed by atoms with Crippen molar-refractivity contribution in [3.63, 3.8) is 0 Å². The van der Waals surface area contributed by atoms with E-state index < -0.39 is 36.5 Å². The Morgan fingerprint density at radius 3 is 2.76 bits per heavy atom. The van der Waals surface area contributed by atoms with Crippen LogP contribution in [0.1, 0.15) is 12.8 Å². The van der Waals surface area contributed by atoms with Crippen LogP contribution in [-0.2, 0) is 14.3 Å². The zero-order valence-electron chi connectivity index (χ0n) is 15.2. The minimum atomic E-state index is -4.78. The number of halogens is 5. The average molecular weight is 439 g/mol. The minimum absolute atomic E-state index is 0.0658. The van der Waals surface area contributed by atoms with E-state index >= 15 is 0 Å². The second kappa shape index (κ2) is 9.93. The van der Waals surface area contributed by atoms with Crippen molar-refractivity contribution in [1.29, 1.82) is 0 Å². The van der Waals surface area contributed by atoms with E-state index in [1.54, 1.807) is 0 Å². The maximum atomic E-state index is 13.3. The molecule has 1 atom stereocenters. The molecule has 0 unspecified atom stereocenters. The van der Waals surface area contributed by atoms with Crippen LogP contribution < -0.4 is 10.1 Å². The van der Waals surface area contributed by atoms with Crippen molar-refractivity contribution >= 4 is 23.4 Å². The molecule has 160 valence electrons. The Morgan fingerprint density at radius 2 is 2.10 bits per heavy atom. The summed E-state index contributed by atoms with van der Waals surface area (Å²) < 4.78 is 58.5. The molecule has 6 nitrogen and oxygen atoms in total. The fourth-order valence-electron chi connectivity index (χ4n) is 2.65. The lowest BCUT2D eigenvalue weighted by atomic mass is 10.1. The molecule has 1 N–H and O–H groups in total. The smallest absolute Gasteiger partial charge is 0.484 e. The van der Waals surface area contributed by atoms with Crippen LogP contribution in [0.15, 0.2) is 30.5 Å². The first kappa shape index (κ1) is 23.0. The van der Waals surface area contributed by atoms with E-state index in [0.29, 0.717) is 5.70 Å². The number of ether oxygens (including phenoxy) is 2. The lowest BCUT2D eigenvalue weighted by Gasteiger charge is -2.20. The topological polar surface area (TPSA) is 67.9 Å². The molecular formula is C18H19ClF4N2O4. The lowest BCUT2D eigenvalue weighted by molar-refractivity contribution is -0.327. The van der Waals surface area contributed by atoms with Crippen LogP contribution in [0.5, 0.6) is 5.75 Å². The summed E-state index contributed by atoms with van der Waals surface area (Å²) >= 11 is 5.55. The summed E-state index contributed by atoms with van der Waals surface area (Å²) in [6.07, 6.45) is -4.33. The van der Waals surface area contributed by atoms with Crippen LogP contribution in [0.2, 0.25) is 5.02 Å². The Labute approximate surface area is 169 Å². The van der Waals surface area contributed by atoms with Crippen molar-refractivity contribution in [3.05, 3.63) is 41.3 Å². The van der Waals surface area contributed by atoms with E-state index in [9.17, 15) is 27.2 Å². The van der Waals surface area contributed by atoms with Gasteiger partial charge in [-0.2, -0.15) is 0 Å². The SMILES string of the molecule is C=C(CCNC(=O)COc1ccc(Cl)c(F)c1)N1CC[C@@H](COC(F)(F)F)C1=O. The first-order chi connectivity index (χ1) is 13.6. The van der Waals surface area contributed by atoms with Crippen molar-refractivity contribution in [2.45, 2.75) is 19.2 Å². The summed E-state index contributed by atoms with van der Waals surface area (Å²) in [5, 5.41) is 2.48. The molecule has 1 aromatic carbocycles. The number of amides is 2. The van der Waals surface area contributed by atoms with Crippen LogP contribution in [-0.4, -0.2) is 49.4 Å². The number of nitrogens with one attached hydrogen (secondary N) is 1. The van der Waals surface area contributed by atoms with Gasteiger partial charge >= 0.3 is 6.36 Å². The molecule has 2 rings (SSSR count). The van der Waals surface area contributed by atoms with Crippen LogP contribution in [0, 0.1) is 11.7 Å². The molecule has 1 heterocycles. The number of nitrogens with zero attached hydrogens (tertiary/aromatic N) is 1. The zero-order valence-corrected chi connectivity index (χ0v) is 16.0. The van der Waals surface area contributed by atoms with E-state index in [1.807, 2.05) is 0 Å². The number of hydrogen-bond donors (Lipinski definition) is 1. The van der Waals surface area contributed by atoms with Gasteiger partial charge in [-0.3, -0.25) is 14.3 Å². The van der Waals surface area contributed by atoms with Gasteiger partial charge in [0.1, 0.15) is 11.6 Å². The first-order valence-electron chi connectivity index (χ1n) is 8.61. The maximum absolute atomic E-state index is 13.3. The molecule has 0 radical (unpaired) electrons. The number of rotatable bonds is 9. The third-order valence-corrected chi connectivity index (χ3v) is 4.45. The molecule has 1 saturated heterocycles. The second-order valence-electron chi connectivity index (χ2n) is 6.26. The molecule has 0 saturated carbocycles. The summed E-state index contributed by atoms with van der Waals surface area (Å²) in [5.74, 6) is -2.37. The van der Waals surface area contributed by atoms with Crippen molar-refractivity contribution < 1.29 is 36.6 Å². The van der Waals surface area contributed by atoms with Crippen LogP contribution >= 0.6 is 11.6 Å². The number of benzene rings is 1. The molecule has 0 aromatic heterocycles. The first-order valence-corrected chi connectivity index (χ1v) is 8.99. The molecule has 11 heteroatoms. The summed E-state index contributed by atoms with van der Waals surface area (Å²) in [5.41, 5.74) is 0.380. The van der Waals surface area contributed by atoms with Gasteiger partial charge in [-0.25, -0.2) is 4.39 Å². The van der Waals surface area contributed by atoms with Crippen LogP contribution in [0.3, 0.4) is 0 Å². The van der Waals surface area contributed by atoms with Gasteiger partial charge in [0.15, 0.2) is 6.61 Å². The highest BCUT2D eigenvalue weighted by molar-refractivity contribution is 6.30. The Bertz CT molecular complexity index is 773. The van der Waals surface area contributed by atoms with Crippen molar-refractivity contribution in [2.24, 2.45) is 5.92 Å². The molecule has 1 aromatic rings. The fourth-order valence-corrected chi connectivity index (χ4v) is 2.77. The Kier molecular flexibility index (Phi) is 7.86. The fraction of sp³-hybridized carbons (Fsp3) is 0.444. The summed E-state index contributed by atoms with van der Waals surface area (Å²) in [7, 11) is 0. The monoisotopic (exact) mass is 438 g/mol. The molecule has 0 bridgehead atoms. The number of carbonyl (C=O) groups excluding carboxylic acids is 2. The third kappa shape index (κ3) is 7.21. The van der Waals surface area contributed by atoms with Crippen molar-refractivity contribution in [1.82, 2.24) is 10.2 Å². The molecule has 0 aliphatic carbocycles. The van der Waals surface area contributed by atoms with Gasteiger partial charge in [0, 0.05) is 31.3 Å². The molecule has 1 aliphatic rings. The predicted molar refractivity (Wildman–Crippen MR) is 95.5 cm³/mol. The molecule has 1 fully saturated rings. The summed E-state index contributed by atoms with van der Waals surface area (Å²) in [6, 6.07) is 3.77. The summed E-state index contributed by atoms with van der Waals surface area (Å²) in [6.45, 7) is 3.04. The Morgan fingerprint density at radius 1 is 1.38 bits per heavy atom. The van der Waals surface area contributed by atoms with Gasteiger partial charge in [0.05, 0.1) is 17.5 Å². The van der Waals surface area contributed by atoms with E-state index in [1.165, 1.54) is 17.0 Å². The quantitative estimate of drug-likeness (QED) is 0.601. The third-order valence-electron chi connectivity index (χ3n) is 4.14.